The van der Waals surface area contributed by atoms with E-state index in [2.05, 4.69) is 26.0 Å². The number of aryl methyl sites for hydroxylation is 1. The molecule has 0 spiro atoms. The van der Waals surface area contributed by atoms with E-state index in [1.54, 1.807) is 6.20 Å². The van der Waals surface area contributed by atoms with Crippen LogP contribution in [0.3, 0.4) is 0 Å². The SMILES string of the molecule is Cc1cc(-c2ncc(-c3nc(C(C)C)nc(C(C)C)n3)cc2F)c2ccccc2c1. The Balaban J connectivity index is 1.84. The maximum absolute atomic E-state index is 15.3. The molecule has 0 amide bonds. The number of halogens is 1. The molecule has 0 saturated carbocycles. The van der Waals surface area contributed by atoms with Crippen molar-refractivity contribution in [1.82, 2.24) is 19.9 Å². The summed E-state index contributed by atoms with van der Waals surface area (Å²) in [7, 11) is 0. The number of fused-ring (bicyclic) bond motifs is 1. The Morgan fingerprint density at radius 2 is 1.50 bits per heavy atom. The van der Waals surface area contributed by atoms with E-state index in [4.69, 9.17) is 0 Å². The largest absolute Gasteiger partial charge is 0.252 e. The van der Waals surface area contributed by atoms with Gasteiger partial charge in [0.2, 0.25) is 0 Å². The lowest BCUT2D eigenvalue weighted by molar-refractivity contribution is 0.626. The fraction of sp³-hybridized carbons (Fsp3) is 0.280. The van der Waals surface area contributed by atoms with E-state index in [1.807, 2.05) is 65.0 Å². The third-order valence-electron chi connectivity index (χ3n) is 5.06. The van der Waals surface area contributed by atoms with Gasteiger partial charge in [-0.2, -0.15) is 0 Å². The van der Waals surface area contributed by atoms with Gasteiger partial charge in [-0.05, 0) is 35.4 Å². The zero-order chi connectivity index (χ0) is 21.4. The predicted molar refractivity (Wildman–Crippen MR) is 119 cm³/mol. The summed E-state index contributed by atoms with van der Waals surface area (Å²) in [6.45, 7) is 10.2. The molecule has 5 heteroatoms. The van der Waals surface area contributed by atoms with Crippen LogP contribution in [0.25, 0.3) is 33.4 Å². The van der Waals surface area contributed by atoms with Gasteiger partial charge in [0.25, 0.3) is 0 Å². The third-order valence-corrected chi connectivity index (χ3v) is 5.06. The standard InChI is InChI=1S/C25H25FN4/c1-14(2)23-28-24(15(3)4)30-25(29-23)18-12-21(26)22(27-13-18)20-11-16(5)10-17-8-6-7-9-19(17)20/h6-15H,1-5H3. The molecule has 2 aromatic heterocycles. The molecule has 0 saturated heterocycles. The molecule has 152 valence electrons. The van der Waals surface area contributed by atoms with Gasteiger partial charge in [0.05, 0.1) is 0 Å². The zero-order valence-corrected chi connectivity index (χ0v) is 17.9. The second-order valence-corrected chi connectivity index (χ2v) is 8.27. The van der Waals surface area contributed by atoms with E-state index in [9.17, 15) is 0 Å². The number of benzene rings is 2. The van der Waals surface area contributed by atoms with E-state index < -0.39 is 0 Å². The molecule has 0 fully saturated rings. The summed E-state index contributed by atoms with van der Waals surface area (Å²) >= 11 is 0. The lowest BCUT2D eigenvalue weighted by atomic mass is 9.98. The van der Waals surface area contributed by atoms with Gasteiger partial charge in [-0.3, -0.25) is 4.98 Å². The topological polar surface area (TPSA) is 51.6 Å². The second kappa shape index (κ2) is 7.90. The Morgan fingerprint density at radius 3 is 2.13 bits per heavy atom. The number of pyridine rings is 1. The van der Waals surface area contributed by atoms with Crippen molar-refractivity contribution in [3.63, 3.8) is 0 Å². The van der Waals surface area contributed by atoms with E-state index in [0.29, 0.717) is 28.7 Å². The quantitative estimate of drug-likeness (QED) is 0.395. The van der Waals surface area contributed by atoms with Crippen LogP contribution in [0.1, 0.15) is 56.7 Å². The molecule has 2 heterocycles. The van der Waals surface area contributed by atoms with E-state index >= 15 is 4.39 Å². The number of aromatic nitrogens is 4. The summed E-state index contributed by atoms with van der Waals surface area (Å²) in [5.74, 6) is 1.79. The van der Waals surface area contributed by atoms with Gasteiger partial charge in [0.1, 0.15) is 23.2 Å². The van der Waals surface area contributed by atoms with Crippen LogP contribution < -0.4 is 0 Å². The molecule has 0 aliphatic carbocycles. The first kappa shape index (κ1) is 20.1. The van der Waals surface area contributed by atoms with Crippen LogP contribution >= 0.6 is 0 Å². The first-order valence-electron chi connectivity index (χ1n) is 10.2. The van der Waals surface area contributed by atoms with Gasteiger partial charge in [-0.15, -0.1) is 0 Å². The highest BCUT2D eigenvalue weighted by molar-refractivity contribution is 5.96. The molecular formula is C25H25FN4. The summed E-state index contributed by atoms with van der Waals surface area (Å²) in [4.78, 5) is 18.2. The molecule has 0 atom stereocenters. The fourth-order valence-corrected chi connectivity index (χ4v) is 3.47. The molecule has 0 bridgehead atoms. The van der Waals surface area contributed by atoms with Gasteiger partial charge in [0.15, 0.2) is 5.82 Å². The minimum atomic E-state index is -0.388. The smallest absolute Gasteiger partial charge is 0.165 e. The first-order chi connectivity index (χ1) is 14.3. The van der Waals surface area contributed by atoms with Crippen LogP contribution in [-0.4, -0.2) is 19.9 Å². The van der Waals surface area contributed by atoms with Gasteiger partial charge >= 0.3 is 0 Å². The maximum atomic E-state index is 15.3. The summed E-state index contributed by atoms with van der Waals surface area (Å²) in [5.41, 5.74) is 2.74. The number of hydrogen-bond acceptors (Lipinski definition) is 4. The predicted octanol–water partition coefficient (Wildman–Crippen LogP) is 6.45. The fourth-order valence-electron chi connectivity index (χ4n) is 3.47. The van der Waals surface area contributed by atoms with Crippen molar-refractivity contribution in [2.45, 2.75) is 46.5 Å². The molecule has 4 rings (SSSR count). The molecule has 0 unspecified atom stereocenters. The zero-order valence-electron chi connectivity index (χ0n) is 17.9. The van der Waals surface area contributed by atoms with Crippen molar-refractivity contribution < 1.29 is 4.39 Å². The molecular weight excluding hydrogens is 375 g/mol. The van der Waals surface area contributed by atoms with Crippen molar-refractivity contribution in [2.75, 3.05) is 0 Å². The van der Waals surface area contributed by atoms with Crippen LogP contribution in [0.5, 0.6) is 0 Å². The summed E-state index contributed by atoms with van der Waals surface area (Å²) in [6, 6.07) is 13.5. The van der Waals surface area contributed by atoms with E-state index in [0.717, 1.165) is 21.9 Å². The Morgan fingerprint density at radius 1 is 0.833 bits per heavy atom. The Labute approximate surface area is 176 Å². The molecule has 4 nitrogen and oxygen atoms in total. The second-order valence-electron chi connectivity index (χ2n) is 8.27. The molecule has 4 aromatic rings. The molecule has 0 radical (unpaired) electrons. The molecule has 0 aliphatic heterocycles. The Hall–Kier alpha value is -3.21. The molecule has 0 N–H and O–H groups in total. The van der Waals surface area contributed by atoms with E-state index in [-0.39, 0.29) is 17.7 Å². The number of rotatable bonds is 4. The lowest BCUT2D eigenvalue weighted by Crippen LogP contribution is -2.08. The minimum absolute atomic E-state index is 0.153. The van der Waals surface area contributed by atoms with Crippen LogP contribution in [0, 0.1) is 12.7 Å². The molecule has 0 aliphatic rings. The maximum Gasteiger partial charge on any atom is 0.165 e. The first-order valence-corrected chi connectivity index (χ1v) is 10.2. The Bertz CT molecular complexity index is 1200. The van der Waals surface area contributed by atoms with Gasteiger partial charge in [-0.1, -0.05) is 58.0 Å². The summed E-state index contributed by atoms with van der Waals surface area (Å²) in [6.07, 6.45) is 1.65. The highest BCUT2D eigenvalue weighted by atomic mass is 19.1. The van der Waals surface area contributed by atoms with Crippen LogP contribution in [0.2, 0.25) is 0 Å². The van der Waals surface area contributed by atoms with Gasteiger partial charge in [-0.25, -0.2) is 19.3 Å². The molecule has 2 aromatic carbocycles. The monoisotopic (exact) mass is 400 g/mol. The highest BCUT2D eigenvalue weighted by Gasteiger charge is 2.17. The number of nitrogens with zero attached hydrogens (tertiary/aromatic N) is 4. The van der Waals surface area contributed by atoms with Crippen LogP contribution in [0.15, 0.2) is 48.7 Å². The van der Waals surface area contributed by atoms with E-state index in [1.165, 1.54) is 6.07 Å². The molecule has 30 heavy (non-hydrogen) atoms. The van der Waals surface area contributed by atoms with Crippen molar-refractivity contribution in [3.05, 3.63) is 71.7 Å². The summed E-state index contributed by atoms with van der Waals surface area (Å²) < 4.78 is 15.3. The average molecular weight is 401 g/mol. The Kier molecular flexibility index (Phi) is 5.29. The highest BCUT2D eigenvalue weighted by Crippen LogP contribution is 2.32. The van der Waals surface area contributed by atoms with Crippen molar-refractivity contribution in [1.29, 1.82) is 0 Å². The van der Waals surface area contributed by atoms with Crippen molar-refractivity contribution >= 4 is 10.8 Å². The van der Waals surface area contributed by atoms with Crippen molar-refractivity contribution in [2.24, 2.45) is 0 Å². The third kappa shape index (κ3) is 3.80. The van der Waals surface area contributed by atoms with Gasteiger partial charge in [0, 0.05) is 29.2 Å². The minimum Gasteiger partial charge on any atom is -0.252 e. The number of hydrogen-bond donors (Lipinski definition) is 0. The average Bonchev–Trinajstić information content (AvgIpc) is 2.72. The van der Waals surface area contributed by atoms with Crippen LogP contribution in [-0.2, 0) is 0 Å². The van der Waals surface area contributed by atoms with Crippen LogP contribution in [0.4, 0.5) is 4.39 Å². The summed E-state index contributed by atoms with van der Waals surface area (Å²) in [5, 5.41) is 2.05. The lowest BCUT2D eigenvalue weighted by Gasteiger charge is -2.12. The normalized spacial score (nSPS) is 11.6. The van der Waals surface area contributed by atoms with Crippen molar-refractivity contribution in [3.8, 4) is 22.6 Å². The van der Waals surface area contributed by atoms with Gasteiger partial charge < -0.3 is 0 Å².